The van der Waals surface area contributed by atoms with Gasteiger partial charge in [0.1, 0.15) is 12.6 Å². The third-order valence-corrected chi connectivity index (χ3v) is 10.6. The summed E-state index contributed by atoms with van der Waals surface area (Å²) >= 11 is 12.8. The van der Waals surface area contributed by atoms with Crippen molar-refractivity contribution < 1.29 is 18.0 Å². The number of nitrogens with one attached hydrogen (secondary N) is 1. The van der Waals surface area contributed by atoms with Crippen molar-refractivity contribution in [2.75, 3.05) is 10.8 Å². The minimum atomic E-state index is -4.17. The lowest BCUT2D eigenvalue weighted by Gasteiger charge is -2.34. The second kappa shape index (κ2) is 15.2. The van der Waals surface area contributed by atoms with Crippen molar-refractivity contribution in [3.63, 3.8) is 0 Å². The summed E-state index contributed by atoms with van der Waals surface area (Å²) in [5.74, 6) is -0.836. The number of nitrogens with zero attached hydrogens (tertiary/aromatic N) is 2. The van der Waals surface area contributed by atoms with E-state index in [-0.39, 0.29) is 29.8 Å². The number of anilines is 1. The lowest BCUT2D eigenvalue weighted by Crippen LogP contribution is -2.54. The smallest absolute Gasteiger partial charge is 0.264 e. The molecule has 5 rings (SSSR count). The molecule has 0 heterocycles. The largest absolute Gasteiger partial charge is 0.352 e. The molecule has 0 aliphatic heterocycles. The van der Waals surface area contributed by atoms with E-state index in [2.05, 4.69) is 5.32 Å². The molecular weight excluding hydrogens is 641 g/mol. The molecule has 1 atom stereocenters. The molecule has 7 nitrogen and oxygen atoms in total. The Morgan fingerprint density at radius 1 is 0.870 bits per heavy atom. The second-order valence-corrected chi connectivity index (χ2v) is 14.3. The molecule has 4 aromatic rings. The number of sulfonamides is 1. The maximum atomic E-state index is 14.6. The summed E-state index contributed by atoms with van der Waals surface area (Å²) in [6.07, 6.45) is 4.03. The molecule has 4 aromatic carbocycles. The van der Waals surface area contributed by atoms with Gasteiger partial charge in [-0.2, -0.15) is 0 Å². The van der Waals surface area contributed by atoms with Crippen LogP contribution in [0.2, 0.25) is 10.0 Å². The van der Waals surface area contributed by atoms with Gasteiger partial charge in [0.15, 0.2) is 0 Å². The van der Waals surface area contributed by atoms with Gasteiger partial charge >= 0.3 is 0 Å². The Hall–Kier alpha value is -3.85. The molecule has 1 unspecified atom stereocenters. The monoisotopic (exact) mass is 677 g/mol. The Bertz CT molecular complexity index is 1760. The molecule has 0 spiro atoms. The number of hydrogen-bond donors (Lipinski definition) is 1. The molecule has 2 amide bonds. The molecule has 1 aliphatic carbocycles. The van der Waals surface area contributed by atoms with Crippen molar-refractivity contribution in [2.24, 2.45) is 0 Å². The molecule has 0 aromatic heterocycles. The van der Waals surface area contributed by atoms with Crippen LogP contribution >= 0.6 is 23.2 Å². The molecule has 1 N–H and O–H groups in total. The third-order valence-electron chi connectivity index (χ3n) is 8.23. The van der Waals surface area contributed by atoms with E-state index in [4.69, 9.17) is 23.2 Å². The van der Waals surface area contributed by atoms with Crippen molar-refractivity contribution in [3.05, 3.63) is 130 Å². The molecule has 1 saturated carbocycles. The van der Waals surface area contributed by atoms with E-state index in [0.29, 0.717) is 21.3 Å². The van der Waals surface area contributed by atoms with Crippen LogP contribution in [-0.2, 0) is 32.6 Å². The summed E-state index contributed by atoms with van der Waals surface area (Å²) in [7, 11) is -4.17. The van der Waals surface area contributed by atoms with Crippen molar-refractivity contribution >= 4 is 50.7 Å². The predicted octanol–water partition coefficient (Wildman–Crippen LogP) is 7.20. The average Bonchev–Trinajstić information content (AvgIpc) is 3.56. The molecule has 46 heavy (non-hydrogen) atoms. The zero-order valence-corrected chi connectivity index (χ0v) is 27.9. The van der Waals surface area contributed by atoms with Crippen LogP contribution in [0.15, 0.2) is 108 Å². The number of amides is 2. The number of aryl methyl sites for hydroxylation is 1. The number of rotatable bonds is 12. The Kier molecular flexibility index (Phi) is 11.0. The van der Waals surface area contributed by atoms with E-state index in [1.807, 2.05) is 43.3 Å². The topological polar surface area (TPSA) is 86.8 Å². The second-order valence-electron chi connectivity index (χ2n) is 11.6. The summed E-state index contributed by atoms with van der Waals surface area (Å²) in [5, 5.41) is 3.95. The first-order valence-corrected chi connectivity index (χ1v) is 17.5. The maximum Gasteiger partial charge on any atom is 0.264 e. The summed E-state index contributed by atoms with van der Waals surface area (Å²) in [6, 6.07) is 28.5. The quantitative estimate of drug-likeness (QED) is 0.172. The minimum Gasteiger partial charge on any atom is -0.352 e. The van der Waals surface area contributed by atoms with Crippen LogP contribution in [0.5, 0.6) is 0 Å². The summed E-state index contributed by atoms with van der Waals surface area (Å²) < 4.78 is 29.3. The Labute approximate surface area is 281 Å². The van der Waals surface area contributed by atoms with E-state index < -0.39 is 28.5 Å². The summed E-state index contributed by atoms with van der Waals surface area (Å²) in [5.41, 5.74) is 2.62. The molecule has 10 heteroatoms. The normalized spacial score (nSPS) is 14.1. The van der Waals surface area contributed by atoms with Gasteiger partial charge < -0.3 is 10.2 Å². The lowest BCUT2D eigenvalue weighted by atomic mass is 10.0. The van der Waals surface area contributed by atoms with Gasteiger partial charge in [-0.15, -0.1) is 0 Å². The van der Waals surface area contributed by atoms with Crippen molar-refractivity contribution in [2.45, 2.75) is 62.6 Å². The van der Waals surface area contributed by atoms with Gasteiger partial charge in [-0.3, -0.25) is 13.9 Å². The molecule has 1 aliphatic rings. The highest BCUT2D eigenvalue weighted by Gasteiger charge is 2.35. The van der Waals surface area contributed by atoms with Crippen LogP contribution in [-0.4, -0.2) is 43.8 Å². The molecule has 0 radical (unpaired) electrons. The molecule has 0 bridgehead atoms. The van der Waals surface area contributed by atoms with E-state index in [9.17, 15) is 18.0 Å². The first-order chi connectivity index (χ1) is 22.1. The first kappa shape index (κ1) is 33.5. The van der Waals surface area contributed by atoms with E-state index >= 15 is 0 Å². The highest BCUT2D eigenvalue weighted by Crippen LogP contribution is 2.28. The molecular formula is C36H37Cl2N3O4S. The van der Waals surface area contributed by atoms with Gasteiger partial charge in [-0.05, 0) is 72.9 Å². The zero-order chi connectivity index (χ0) is 32.7. The van der Waals surface area contributed by atoms with Crippen LogP contribution in [0.3, 0.4) is 0 Å². The zero-order valence-electron chi connectivity index (χ0n) is 25.6. The van der Waals surface area contributed by atoms with Crippen molar-refractivity contribution in [1.82, 2.24) is 10.2 Å². The number of benzene rings is 4. The highest BCUT2D eigenvalue weighted by molar-refractivity contribution is 7.92. The standard InChI is InChI=1S/C36H37Cl2N3O4S/c1-26-11-10-16-31(21-26)41(46(44,45)32-17-6-3-7-18-32)25-35(42)40(24-28-19-20-29(37)23-33(28)38)34(22-27-12-4-2-5-13-27)36(43)39-30-14-8-9-15-30/h2-7,10-13,16-21,23,30,34H,8-9,14-15,22,24-25H2,1H3,(H,39,43). The van der Waals surface area contributed by atoms with E-state index in [1.54, 1.807) is 54.6 Å². The molecule has 240 valence electrons. The van der Waals surface area contributed by atoms with Crippen LogP contribution in [0.1, 0.15) is 42.4 Å². The first-order valence-electron chi connectivity index (χ1n) is 15.3. The van der Waals surface area contributed by atoms with Crippen molar-refractivity contribution in [3.8, 4) is 0 Å². The number of halogens is 2. The lowest BCUT2D eigenvalue weighted by molar-refractivity contribution is -0.140. The number of hydrogen-bond acceptors (Lipinski definition) is 4. The number of carbonyl (C=O) groups excluding carboxylic acids is 2. The van der Waals surface area contributed by atoms with Crippen LogP contribution in [0.4, 0.5) is 5.69 Å². The van der Waals surface area contributed by atoms with Gasteiger partial charge in [-0.1, -0.05) is 103 Å². The minimum absolute atomic E-state index is 0.0177. The van der Waals surface area contributed by atoms with Gasteiger partial charge in [0.05, 0.1) is 10.6 Å². The van der Waals surface area contributed by atoms with E-state index in [1.165, 1.54) is 17.0 Å². The van der Waals surface area contributed by atoms with E-state index in [0.717, 1.165) is 41.1 Å². The van der Waals surface area contributed by atoms with Crippen LogP contribution in [0, 0.1) is 6.92 Å². The summed E-state index contributed by atoms with van der Waals surface area (Å²) in [6.45, 7) is 1.29. The summed E-state index contributed by atoms with van der Waals surface area (Å²) in [4.78, 5) is 30.2. The Morgan fingerprint density at radius 2 is 1.54 bits per heavy atom. The Morgan fingerprint density at radius 3 is 2.20 bits per heavy atom. The van der Waals surface area contributed by atoms with Crippen LogP contribution in [0.25, 0.3) is 0 Å². The maximum absolute atomic E-state index is 14.6. The SMILES string of the molecule is Cc1cccc(N(CC(=O)N(Cc2ccc(Cl)cc2Cl)C(Cc2ccccc2)C(=O)NC2CCCC2)S(=O)(=O)c2ccccc2)c1. The molecule has 0 saturated heterocycles. The highest BCUT2D eigenvalue weighted by atomic mass is 35.5. The van der Waals surface area contributed by atoms with Gasteiger partial charge in [0, 0.05) is 29.1 Å². The van der Waals surface area contributed by atoms with Crippen LogP contribution < -0.4 is 9.62 Å². The fraction of sp³-hybridized carbons (Fsp3) is 0.278. The predicted molar refractivity (Wildman–Crippen MR) is 183 cm³/mol. The Balaban J connectivity index is 1.58. The van der Waals surface area contributed by atoms with Gasteiger partial charge in [0.25, 0.3) is 10.0 Å². The fourth-order valence-corrected chi connectivity index (χ4v) is 7.68. The third kappa shape index (κ3) is 8.29. The fourth-order valence-electron chi connectivity index (χ4n) is 5.79. The van der Waals surface area contributed by atoms with Gasteiger partial charge in [-0.25, -0.2) is 8.42 Å². The van der Waals surface area contributed by atoms with Crippen molar-refractivity contribution in [1.29, 1.82) is 0 Å². The van der Waals surface area contributed by atoms with Gasteiger partial charge in [0.2, 0.25) is 11.8 Å². The molecule has 1 fully saturated rings. The number of carbonyl (C=O) groups is 2. The average molecular weight is 679 g/mol.